The van der Waals surface area contributed by atoms with Crippen LogP contribution in [0.1, 0.15) is 25.0 Å². The highest BCUT2D eigenvalue weighted by molar-refractivity contribution is 6.19. The van der Waals surface area contributed by atoms with Gasteiger partial charge in [0.1, 0.15) is 17.4 Å². The van der Waals surface area contributed by atoms with Crippen LogP contribution in [-0.2, 0) is 16.1 Å². The summed E-state index contributed by atoms with van der Waals surface area (Å²) < 4.78 is 4.65. The predicted octanol–water partition coefficient (Wildman–Crippen LogP) is 0.423. The van der Waals surface area contributed by atoms with Crippen LogP contribution in [-0.4, -0.2) is 27.9 Å². The molecule has 1 aromatic rings. The molecule has 2 fully saturated rings. The summed E-state index contributed by atoms with van der Waals surface area (Å²) in [5, 5.41) is 5.89. The third-order valence-corrected chi connectivity index (χ3v) is 3.57. The van der Waals surface area contributed by atoms with Gasteiger partial charge in [0.25, 0.3) is 0 Å². The van der Waals surface area contributed by atoms with E-state index in [4.69, 9.17) is 0 Å². The van der Waals surface area contributed by atoms with Gasteiger partial charge < -0.3 is 4.52 Å². The molecular formula is C11H11N3O4. The highest BCUT2D eigenvalue weighted by atomic mass is 16.5. The number of barbiturate groups is 1. The first-order chi connectivity index (χ1) is 8.63. The van der Waals surface area contributed by atoms with Gasteiger partial charge in [-0.15, -0.1) is 0 Å². The Kier molecular flexibility index (Phi) is 2.22. The van der Waals surface area contributed by atoms with Crippen molar-refractivity contribution in [2.24, 2.45) is 5.41 Å². The van der Waals surface area contributed by atoms with Crippen molar-refractivity contribution in [3.63, 3.8) is 0 Å². The number of imide groups is 2. The average molecular weight is 249 g/mol. The number of nitrogens with zero attached hydrogens (tertiary/aromatic N) is 2. The van der Waals surface area contributed by atoms with Gasteiger partial charge in [-0.1, -0.05) is 11.6 Å². The second-order valence-corrected chi connectivity index (χ2v) is 4.58. The molecule has 1 aromatic heterocycles. The summed E-state index contributed by atoms with van der Waals surface area (Å²) >= 11 is 0. The van der Waals surface area contributed by atoms with Crippen LogP contribution in [0.15, 0.2) is 16.9 Å². The van der Waals surface area contributed by atoms with Crippen molar-refractivity contribution in [3.05, 3.63) is 18.0 Å². The summed E-state index contributed by atoms with van der Waals surface area (Å²) in [6, 6.07) is 0.885. The molecule has 0 atom stereocenters. The van der Waals surface area contributed by atoms with Crippen molar-refractivity contribution in [1.29, 1.82) is 0 Å². The first-order valence-corrected chi connectivity index (χ1v) is 5.70. The minimum atomic E-state index is -1.03. The van der Waals surface area contributed by atoms with E-state index in [1.807, 2.05) is 0 Å². The first kappa shape index (κ1) is 10.9. The monoisotopic (exact) mass is 249 g/mol. The molecule has 1 saturated heterocycles. The topological polar surface area (TPSA) is 92.5 Å². The Labute approximate surface area is 102 Å². The van der Waals surface area contributed by atoms with Crippen LogP contribution < -0.4 is 5.32 Å². The van der Waals surface area contributed by atoms with Gasteiger partial charge in [-0.2, -0.15) is 0 Å². The van der Waals surface area contributed by atoms with E-state index in [9.17, 15) is 14.4 Å². The SMILES string of the molecule is O=C1NC(=O)C2(CCC2)C(=O)N1Cc1ccon1. The fraction of sp³-hybridized carbons (Fsp3) is 0.455. The van der Waals surface area contributed by atoms with E-state index in [0.717, 1.165) is 11.3 Å². The zero-order valence-corrected chi connectivity index (χ0v) is 9.51. The van der Waals surface area contributed by atoms with Gasteiger partial charge in [0.15, 0.2) is 0 Å². The van der Waals surface area contributed by atoms with Crippen molar-refractivity contribution in [3.8, 4) is 0 Å². The van der Waals surface area contributed by atoms with E-state index < -0.39 is 23.3 Å². The van der Waals surface area contributed by atoms with Crippen molar-refractivity contribution in [2.45, 2.75) is 25.8 Å². The quantitative estimate of drug-likeness (QED) is 0.767. The minimum absolute atomic E-state index is 0.0240. The van der Waals surface area contributed by atoms with Gasteiger partial charge in [-0.3, -0.25) is 19.8 Å². The largest absolute Gasteiger partial charge is 0.364 e. The molecule has 0 aromatic carbocycles. The predicted molar refractivity (Wildman–Crippen MR) is 56.9 cm³/mol. The number of nitrogens with one attached hydrogen (secondary N) is 1. The summed E-state index contributed by atoms with van der Waals surface area (Å²) in [5.74, 6) is -0.898. The molecule has 0 bridgehead atoms. The van der Waals surface area contributed by atoms with Crippen LogP contribution in [0.4, 0.5) is 4.79 Å². The van der Waals surface area contributed by atoms with Crippen molar-refractivity contribution in [2.75, 3.05) is 0 Å². The number of hydrogen-bond acceptors (Lipinski definition) is 5. The third-order valence-electron chi connectivity index (χ3n) is 3.57. The van der Waals surface area contributed by atoms with Gasteiger partial charge in [0.2, 0.25) is 11.8 Å². The summed E-state index contributed by atoms with van der Waals surface area (Å²) in [6.07, 6.45) is 3.19. The number of urea groups is 1. The lowest BCUT2D eigenvalue weighted by molar-refractivity contribution is -0.158. The summed E-state index contributed by atoms with van der Waals surface area (Å²) in [5.41, 5.74) is -0.556. The van der Waals surface area contributed by atoms with Crippen LogP contribution in [0.3, 0.4) is 0 Å². The Morgan fingerprint density at radius 3 is 2.72 bits per heavy atom. The Hall–Kier alpha value is -2.18. The third kappa shape index (κ3) is 1.36. The van der Waals surface area contributed by atoms with Crippen molar-refractivity contribution in [1.82, 2.24) is 15.4 Å². The average Bonchev–Trinajstić information content (AvgIpc) is 2.74. The van der Waals surface area contributed by atoms with Crippen LogP contribution >= 0.6 is 0 Å². The summed E-state index contributed by atoms with van der Waals surface area (Å²) in [4.78, 5) is 36.7. The van der Waals surface area contributed by atoms with Gasteiger partial charge >= 0.3 is 6.03 Å². The molecule has 1 saturated carbocycles. The molecular weight excluding hydrogens is 238 g/mol. The van der Waals surface area contributed by atoms with E-state index in [-0.39, 0.29) is 6.54 Å². The molecule has 7 heteroatoms. The number of amides is 4. The van der Waals surface area contributed by atoms with Gasteiger partial charge in [0.05, 0.1) is 6.54 Å². The fourth-order valence-corrected chi connectivity index (χ4v) is 2.33. The van der Waals surface area contributed by atoms with Crippen molar-refractivity contribution >= 4 is 17.8 Å². The van der Waals surface area contributed by atoms with E-state index in [1.54, 1.807) is 6.07 Å². The molecule has 94 valence electrons. The van der Waals surface area contributed by atoms with Gasteiger partial charge in [-0.25, -0.2) is 4.79 Å². The Morgan fingerprint density at radius 2 is 2.17 bits per heavy atom. The molecule has 1 spiro atoms. The summed E-state index contributed by atoms with van der Waals surface area (Å²) in [7, 11) is 0. The molecule has 2 heterocycles. The van der Waals surface area contributed by atoms with E-state index in [2.05, 4.69) is 15.0 Å². The smallest absolute Gasteiger partial charge is 0.331 e. The maximum Gasteiger partial charge on any atom is 0.331 e. The van der Waals surface area contributed by atoms with Crippen LogP contribution in [0.2, 0.25) is 0 Å². The molecule has 7 nitrogen and oxygen atoms in total. The molecule has 4 amide bonds. The highest BCUT2D eigenvalue weighted by Crippen LogP contribution is 2.44. The van der Waals surface area contributed by atoms with E-state index in [1.165, 1.54) is 6.26 Å². The fourth-order valence-electron chi connectivity index (χ4n) is 2.33. The lowest BCUT2D eigenvalue weighted by Crippen LogP contribution is -2.65. The summed E-state index contributed by atoms with van der Waals surface area (Å²) in [6.45, 7) is 0.0240. The second kappa shape index (κ2) is 3.66. The van der Waals surface area contributed by atoms with Gasteiger partial charge in [-0.05, 0) is 12.8 Å². The van der Waals surface area contributed by atoms with E-state index in [0.29, 0.717) is 18.5 Å². The molecule has 18 heavy (non-hydrogen) atoms. The lowest BCUT2D eigenvalue weighted by atomic mass is 9.66. The van der Waals surface area contributed by atoms with E-state index >= 15 is 0 Å². The molecule has 1 N–H and O–H groups in total. The number of carbonyl (C=O) groups excluding carboxylic acids is 3. The molecule has 0 radical (unpaired) electrons. The Balaban J connectivity index is 1.87. The minimum Gasteiger partial charge on any atom is -0.364 e. The highest BCUT2D eigenvalue weighted by Gasteiger charge is 2.57. The Morgan fingerprint density at radius 1 is 1.39 bits per heavy atom. The standard InChI is InChI=1S/C11H11N3O4/c15-8-11(3-1-4-11)9(16)14(10(17)12-8)6-7-2-5-18-13-7/h2,5H,1,3-4,6H2,(H,12,15,17). The normalized spacial score (nSPS) is 22.0. The molecule has 2 aliphatic rings. The zero-order valence-electron chi connectivity index (χ0n) is 9.51. The maximum atomic E-state index is 12.3. The zero-order chi connectivity index (χ0) is 12.8. The van der Waals surface area contributed by atoms with Crippen LogP contribution in [0, 0.1) is 5.41 Å². The Bertz CT molecular complexity index is 518. The van der Waals surface area contributed by atoms with Crippen LogP contribution in [0.25, 0.3) is 0 Å². The maximum absolute atomic E-state index is 12.3. The molecule has 3 rings (SSSR count). The molecule has 1 aliphatic carbocycles. The first-order valence-electron chi connectivity index (χ1n) is 5.70. The van der Waals surface area contributed by atoms with Gasteiger partial charge in [0, 0.05) is 6.07 Å². The number of hydrogen-bond donors (Lipinski definition) is 1. The number of aromatic nitrogens is 1. The van der Waals surface area contributed by atoms with Crippen molar-refractivity contribution < 1.29 is 18.9 Å². The second-order valence-electron chi connectivity index (χ2n) is 4.58. The van der Waals surface area contributed by atoms with Crippen LogP contribution in [0.5, 0.6) is 0 Å². The number of rotatable bonds is 2. The lowest BCUT2D eigenvalue weighted by Gasteiger charge is -2.44. The number of carbonyl (C=O) groups is 3. The molecule has 1 aliphatic heterocycles. The molecule has 0 unspecified atom stereocenters.